The summed E-state index contributed by atoms with van der Waals surface area (Å²) in [5, 5.41) is 12.6. The van der Waals surface area contributed by atoms with E-state index < -0.39 is 39.7 Å². The van der Waals surface area contributed by atoms with Gasteiger partial charge in [-0.1, -0.05) is 40.9 Å². The average Bonchev–Trinajstić information content (AvgIpc) is 3.55. The zero-order valence-electron chi connectivity index (χ0n) is 21.9. The molecule has 1 saturated heterocycles. The molecule has 1 N–H and O–H groups in total. The lowest BCUT2D eigenvalue weighted by Gasteiger charge is -2.64. The minimum atomic E-state index is -1.75. The highest BCUT2D eigenvalue weighted by Gasteiger charge is 2.74. The Morgan fingerprint density at radius 3 is 2.77 bits per heavy atom. The van der Waals surface area contributed by atoms with Gasteiger partial charge in [0.2, 0.25) is 9.70 Å². The molecular weight excluding hydrogens is 583 g/mol. The van der Waals surface area contributed by atoms with E-state index >= 15 is 0 Å². The lowest BCUT2D eigenvalue weighted by Crippen LogP contribution is -2.78. The van der Waals surface area contributed by atoms with E-state index in [1.165, 1.54) is 6.08 Å². The quantitative estimate of drug-likeness (QED) is 0.393. The molecule has 1 saturated carbocycles. The van der Waals surface area contributed by atoms with Crippen LogP contribution in [0.5, 0.6) is 11.5 Å². The van der Waals surface area contributed by atoms with Crippen molar-refractivity contribution in [2.24, 2.45) is 0 Å². The largest absolute Gasteiger partial charge is 0.493 e. The fraction of sp³-hybridized carbons (Fsp3) is 0.500. The summed E-state index contributed by atoms with van der Waals surface area (Å²) >= 11 is 17.5. The molecule has 1 spiro atoms. The number of amides is 2. The first-order valence-corrected chi connectivity index (χ1v) is 14.2. The highest BCUT2D eigenvalue weighted by molar-refractivity contribution is 6.67. The molecule has 2 aromatic rings. The second-order valence-electron chi connectivity index (χ2n) is 10.8. The molecule has 3 unspecified atom stereocenters. The van der Waals surface area contributed by atoms with Gasteiger partial charge in [-0.2, -0.15) is 0 Å². The van der Waals surface area contributed by atoms with Crippen molar-refractivity contribution in [2.75, 3.05) is 27.3 Å². The molecule has 6 rings (SSSR count). The normalized spacial score (nSPS) is 30.1. The monoisotopic (exact) mass is 610 g/mol. The Morgan fingerprint density at radius 1 is 1.27 bits per heavy atom. The minimum absolute atomic E-state index is 0.195. The van der Waals surface area contributed by atoms with Gasteiger partial charge in [-0.25, -0.2) is 4.79 Å². The lowest BCUT2D eigenvalue weighted by molar-refractivity contribution is -0.194. The zero-order valence-corrected chi connectivity index (χ0v) is 24.2. The van der Waals surface area contributed by atoms with Crippen molar-refractivity contribution in [3.63, 3.8) is 0 Å². The van der Waals surface area contributed by atoms with Gasteiger partial charge in [0.1, 0.15) is 12.7 Å². The van der Waals surface area contributed by atoms with E-state index in [1.807, 2.05) is 12.1 Å². The number of hydrogen-bond donors (Lipinski definition) is 1. The molecule has 2 bridgehead atoms. The van der Waals surface area contributed by atoms with E-state index in [0.29, 0.717) is 43.7 Å². The maximum Gasteiger partial charge on any atom is 0.410 e. The topological polar surface area (TPSA) is 102 Å². The van der Waals surface area contributed by atoms with Crippen LogP contribution in [-0.4, -0.2) is 81.8 Å². The Kier molecular flexibility index (Phi) is 6.72. The number of rotatable bonds is 5. The van der Waals surface area contributed by atoms with Crippen LogP contribution in [0, 0.1) is 0 Å². The molecule has 5 atom stereocenters. The molecule has 2 amide bonds. The predicted octanol–water partition coefficient (Wildman–Crippen LogP) is 4.49. The van der Waals surface area contributed by atoms with Gasteiger partial charge in [-0.15, -0.1) is 0 Å². The van der Waals surface area contributed by atoms with E-state index in [2.05, 4.69) is 0 Å². The van der Waals surface area contributed by atoms with Crippen LogP contribution >= 0.6 is 34.8 Å². The van der Waals surface area contributed by atoms with E-state index in [4.69, 9.17) is 53.4 Å². The maximum absolute atomic E-state index is 13.3. The van der Waals surface area contributed by atoms with E-state index in [1.54, 1.807) is 48.6 Å². The van der Waals surface area contributed by atoms with Gasteiger partial charge in [0.25, 0.3) is 0 Å². The van der Waals surface area contributed by atoms with Crippen molar-refractivity contribution in [3.8, 4) is 11.5 Å². The van der Waals surface area contributed by atoms with Crippen molar-refractivity contribution < 1.29 is 33.3 Å². The van der Waals surface area contributed by atoms with Gasteiger partial charge in [0.05, 0.1) is 42.7 Å². The smallest absolute Gasteiger partial charge is 0.410 e. The third-order valence-corrected chi connectivity index (χ3v) is 9.36. The fourth-order valence-corrected chi connectivity index (χ4v) is 7.49. The standard InChI is InChI=1S/C28H29Cl3N2O7/c1-32(21(34)6-3-16-8-12-38-14-16)18-7-9-27(36)20-13-17-4-5-19(37-2)23-22(17)26(27,24(18)40-23)10-11-33(20)25(35)39-15-28(29,30)31/h3-6,8,12,14,18,20,24,36H,7,9-11,13,15H2,1-2H3/b6-3+/t18?,20-,24?,26+,27?/m1/s1. The minimum Gasteiger partial charge on any atom is -0.493 e. The molecular formula is C28H29Cl3N2O7. The second-order valence-corrected chi connectivity index (χ2v) is 13.4. The summed E-state index contributed by atoms with van der Waals surface area (Å²) in [5.41, 5.74) is 0.437. The number of furan rings is 1. The Morgan fingerprint density at radius 2 is 2.08 bits per heavy atom. The number of methoxy groups -OCH3 is 1. The molecule has 2 aliphatic heterocycles. The molecule has 1 aromatic heterocycles. The van der Waals surface area contributed by atoms with Crippen LogP contribution in [0.3, 0.4) is 0 Å². The van der Waals surface area contributed by atoms with Crippen LogP contribution in [-0.2, 0) is 21.4 Å². The number of aliphatic hydroxyl groups is 1. The highest BCUT2D eigenvalue weighted by atomic mass is 35.6. The molecule has 2 fully saturated rings. The van der Waals surface area contributed by atoms with Crippen LogP contribution < -0.4 is 9.47 Å². The Balaban J connectivity index is 1.38. The molecule has 3 heterocycles. The first-order valence-electron chi connectivity index (χ1n) is 13.1. The Hall–Kier alpha value is -2.59. The second kappa shape index (κ2) is 9.76. The van der Waals surface area contributed by atoms with Crippen molar-refractivity contribution in [3.05, 3.63) is 53.5 Å². The summed E-state index contributed by atoms with van der Waals surface area (Å²) < 4.78 is 21.0. The van der Waals surface area contributed by atoms with Gasteiger partial charge < -0.3 is 33.5 Å². The average molecular weight is 612 g/mol. The molecule has 214 valence electrons. The number of alkyl halides is 3. The first kappa shape index (κ1) is 27.6. The van der Waals surface area contributed by atoms with Gasteiger partial charge in [-0.05, 0) is 49.5 Å². The molecule has 0 radical (unpaired) electrons. The lowest BCUT2D eigenvalue weighted by atomic mass is 9.48. The number of carbonyl (C=O) groups is 2. The molecule has 2 aliphatic carbocycles. The highest BCUT2D eigenvalue weighted by Crippen LogP contribution is 2.66. The summed E-state index contributed by atoms with van der Waals surface area (Å²) in [6.45, 7) is -0.110. The van der Waals surface area contributed by atoms with Crippen LogP contribution in [0.1, 0.15) is 36.0 Å². The van der Waals surface area contributed by atoms with Crippen molar-refractivity contribution in [2.45, 2.75) is 58.7 Å². The van der Waals surface area contributed by atoms with Crippen LogP contribution in [0.2, 0.25) is 0 Å². The first-order chi connectivity index (χ1) is 19.0. The number of likely N-dealkylation sites (N-methyl/N-ethyl adjacent to an activating group) is 1. The SMILES string of the molecule is COc1ccc2c3c1OC1C(N(C)C(=O)/C=C/c4ccoc4)CCC4(O)[C@@H](C2)N(C(=O)OCC(Cl)(Cl)Cl)CC[C@]314. The third-order valence-electron chi connectivity index (χ3n) is 9.04. The Bertz CT molecular complexity index is 1360. The van der Waals surface area contributed by atoms with E-state index in [-0.39, 0.29) is 11.9 Å². The number of likely N-dealkylation sites (tertiary alicyclic amines) is 1. The van der Waals surface area contributed by atoms with Crippen molar-refractivity contribution >= 4 is 52.9 Å². The van der Waals surface area contributed by atoms with E-state index in [0.717, 1.165) is 16.7 Å². The van der Waals surface area contributed by atoms with Crippen molar-refractivity contribution in [1.82, 2.24) is 9.80 Å². The molecule has 4 aliphatic rings. The maximum atomic E-state index is 13.3. The predicted molar refractivity (Wildman–Crippen MR) is 148 cm³/mol. The Labute approximate surface area is 246 Å². The number of piperidine rings is 1. The van der Waals surface area contributed by atoms with E-state index in [9.17, 15) is 14.7 Å². The zero-order chi connectivity index (χ0) is 28.4. The summed E-state index contributed by atoms with van der Waals surface area (Å²) in [6.07, 6.45) is 6.69. The third kappa shape index (κ3) is 4.08. The number of halogens is 3. The van der Waals surface area contributed by atoms with Gasteiger partial charge in [-0.3, -0.25) is 4.79 Å². The summed E-state index contributed by atoms with van der Waals surface area (Å²) in [5.74, 6) is 0.969. The summed E-state index contributed by atoms with van der Waals surface area (Å²) in [6, 6.07) is 4.63. The van der Waals surface area contributed by atoms with Crippen LogP contribution in [0.25, 0.3) is 6.08 Å². The van der Waals surface area contributed by atoms with Crippen LogP contribution in [0.4, 0.5) is 4.79 Å². The fourth-order valence-electron chi connectivity index (χ4n) is 7.33. The van der Waals surface area contributed by atoms with Crippen molar-refractivity contribution in [1.29, 1.82) is 0 Å². The molecule has 1 aromatic carbocycles. The molecule has 9 nitrogen and oxygen atoms in total. The number of hydrogen-bond acceptors (Lipinski definition) is 7. The van der Waals surface area contributed by atoms with Gasteiger partial charge in [0.15, 0.2) is 11.5 Å². The number of ether oxygens (including phenoxy) is 3. The molecule has 12 heteroatoms. The number of carbonyl (C=O) groups excluding carboxylic acids is 2. The molecule has 40 heavy (non-hydrogen) atoms. The van der Waals surface area contributed by atoms with Crippen LogP contribution in [0.15, 0.2) is 41.2 Å². The number of benzene rings is 1. The number of nitrogens with zero attached hydrogens (tertiary/aromatic N) is 2. The van der Waals surface area contributed by atoms with Gasteiger partial charge in [0, 0.05) is 30.8 Å². The van der Waals surface area contributed by atoms with Gasteiger partial charge >= 0.3 is 6.09 Å². The summed E-state index contributed by atoms with van der Waals surface area (Å²) in [4.78, 5) is 29.7. The summed E-state index contributed by atoms with van der Waals surface area (Å²) in [7, 11) is 3.33.